The van der Waals surface area contributed by atoms with E-state index in [1.54, 1.807) is 20.0 Å². The molecule has 29 heavy (non-hydrogen) atoms. The normalized spacial score (nSPS) is 10.6. The van der Waals surface area contributed by atoms with Crippen LogP contribution in [0.1, 0.15) is 23.1 Å². The molecule has 2 rings (SSSR count). The molecule has 0 fully saturated rings. The second-order valence-corrected chi connectivity index (χ2v) is 6.40. The molecule has 0 atom stereocenters. The molecule has 3 N–H and O–H groups in total. The van der Waals surface area contributed by atoms with Crippen LogP contribution in [0, 0.1) is 24.4 Å². The fourth-order valence-electron chi connectivity index (χ4n) is 2.61. The maximum absolute atomic E-state index is 14.9. The number of aryl methyl sites for hydroxylation is 1. The van der Waals surface area contributed by atoms with E-state index < -0.39 is 17.5 Å². The van der Waals surface area contributed by atoms with E-state index in [1.807, 2.05) is 0 Å². The molecule has 156 valence electrons. The molecule has 0 spiro atoms. The number of carbonyl (C=O) groups is 1. The van der Waals surface area contributed by atoms with E-state index in [2.05, 4.69) is 22.5 Å². The van der Waals surface area contributed by atoms with Gasteiger partial charge in [-0.3, -0.25) is 4.79 Å². The largest absolute Gasteiger partial charge is 0.388 e. The first-order valence-electron chi connectivity index (χ1n) is 8.97. The van der Waals surface area contributed by atoms with Crippen molar-refractivity contribution in [2.24, 2.45) is 0 Å². The lowest BCUT2D eigenvalue weighted by molar-refractivity contribution is -0.121. The lowest BCUT2D eigenvalue weighted by Gasteiger charge is -2.18. The molecule has 0 radical (unpaired) electrons. The molecule has 0 aliphatic rings. The van der Waals surface area contributed by atoms with Gasteiger partial charge in [-0.25, -0.2) is 13.2 Å². The summed E-state index contributed by atoms with van der Waals surface area (Å²) in [5.41, 5.74) is 0.971. The molecule has 5 nitrogen and oxygen atoms in total. The van der Waals surface area contributed by atoms with Gasteiger partial charge in [0.25, 0.3) is 0 Å². The summed E-state index contributed by atoms with van der Waals surface area (Å²) in [5.74, 6) is -3.11. The van der Waals surface area contributed by atoms with Crippen LogP contribution in [0.5, 0.6) is 0 Å². The summed E-state index contributed by atoms with van der Waals surface area (Å²) < 4.78 is 49.0. The van der Waals surface area contributed by atoms with Crippen molar-refractivity contribution in [2.75, 3.05) is 26.0 Å². The Morgan fingerprint density at radius 1 is 1.10 bits per heavy atom. The van der Waals surface area contributed by atoms with Gasteiger partial charge in [0.1, 0.15) is 5.82 Å². The van der Waals surface area contributed by atoms with Crippen molar-refractivity contribution in [1.82, 2.24) is 10.6 Å². The van der Waals surface area contributed by atoms with Crippen molar-refractivity contribution in [1.29, 1.82) is 0 Å². The predicted octanol–water partition coefficient (Wildman–Crippen LogP) is 4.00. The first kappa shape index (κ1) is 22.3. The Labute approximate surface area is 168 Å². The molecule has 2 aromatic rings. The summed E-state index contributed by atoms with van der Waals surface area (Å²) in [6.07, 6.45) is 0.100. The third-order valence-corrected chi connectivity index (χ3v) is 4.30. The number of amides is 1. The second-order valence-electron chi connectivity index (χ2n) is 6.40. The van der Waals surface area contributed by atoms with Crippen molar-refractivity contribution < 1.29 is 22.7 Å². The molecule has 0 aromatic heterocycles. The molecular weight excluding hydrogens is 383 g/mol. The number of nitrogens with one attached hydrogen (secondary N) is 3. The minimum atomic E-state index is -1.18. The standard InChI is InChI=1S/C21H24F3N3O2/c1-12-5-6-17(16(22)9-12)27-21-15(13(2)25-3)10-14(19(23)20(21)24)11-29-8-7-18(28)26-4/h5-6,9-10,25,27H,2,7-8,11H2,1,3-4H3,(H,26,28). The number of halogens is 3. The summed E-state index contributed by atoms with van der Waals surface area (Å²) in [7, 11) is 3.08. The second kappa shape index (κ2) is 9.97. The van der Waals surface area contributed by atoms with Gasteiger partial charge in [-0.05, 0) is 30.7 Å². The Morgan fingerprint density at radius 3 is 2.45 bits per heavy atom. The third-order valence-electron chi connectivity index (χ3n) is 4.30. The smallest absolute Gasteiger partial charge is 0.222 e. The van der Waals surface area contributed by atoms with Gasteiger partial charge < -0.3 is 20.7 Å². The predicted molar refractivity (Wildman–Crippen MR) is 107 cm³/mol. The van der Waals surface area contributed by atoms with Gasteiger partial charge >= 0.3 is 0 Å². The molecule has 0 saturated heterocycles. The van der Waals surface area contributed by atoms with E-state index >= 15 is 0 Å². The van der Waals surface area contributed by atoms with E-state index in [-0.39, 0.29) is 48.0 Å². The highest BCUT2D eigenvalue weighted by atomic mass is 19.2. The van der Waals surface area contributed by atoms with Gasteiger partial charge in [0.05, 0.1) is 24.6 Å². The molecule has 0 bridgehead atoms. The summed E-state index contributed by atoms with van der Waals surface area (Å²) >= 11 is 0. The number of ether oxygens (including phenoxy) is 1. The zero-order chi connectivity index (χ0) is 21.6. The monoisotopic (exact) mass is 407 g/mol. The quantitative estimate of drug-likeness (QED) is 0.550. The highest BCUT2D eigenvalue weighted by Gasteiger charge is 2.21. The topological polar surface area (TPSA) is 62.4 Å². The maximum atomic E-state index is 14.9. The number of benzene rings is 2. The zero-order valence-electron chi connectivity index (χ0n) is 16.6. The highest BCUT2D eigenvalue weighted by Crippen LogP contribution is 2.33. The molecule has 0 aliphatic heterocycles. The average molecular weight is 407 g/mol. The summed E-state index contributed by atoms with van der Waals surface area (Å²) in [6.45, 7) is 5.34. The Kier molecular flexibility index (Phi) is 7.67. The van der Waals surface area contributed by atoms with Crippen molar-refractivity contribution in [3.8, 4) is 0 Å². The molecule has 0 saturated carbocycles. The van der Waals surface area contributed by atoms with Crippen LogP contribution in [0.4, 0.5) is 24.5 Å². The van der Waals surface area contributed by atoms with Crippen LogP contribution in [-0.2, 0) is 16.1 Å². The number of carbonyl (C=O) groups excluding carboxylic acids is 1. The van der Waals surface area contributed by atoms with Crippen LogP contribution in [-0.4, -0.2) is 26.6 Å². The molecule has 0 unspecified atom stereocenters. The van der Waals surface area contributed by atoms with Crippen LogP contribution in [0.3, 0.4) is 0 Å². The minimum absolute atomic E-state index is 0.00799. The molecule has 0 aliphatic carbocycles. The van der Waals surface area contributed by atoms with Crippen LogP contribution in [0.2, 0.25) is 0 Å². The number of hydrogen-bond acceptors (Lipinski definition) is 4. The first-order valence-corrected chi connectivity index (χ1v) is 8.97. The first-order chi connectivity index (χ1) is 13.8. The number of anilines is 2. The number of rotatable bonds is 9. The third kappa shape index (κ3) is 5.51. The minimum Gasteiger partial charge on any atom is -0.388 e. The van der Waals surface area contributed by atoms with Gasteiger partial charge in [0.15, 0.2) is 11.6 Å². The van der Waals surface area contributed by atoms with Gasteiger partial charge in [-0.15, -0.1) is 0 Å². The van der Waals surface area contributed by atoms with Gasteiger partial charge in [0, 0.05) is 37.3 Å². The van der Waals surface area contributed by atoms with Crippen LogP contribution < -0.4 is 16.0 Å². The van der Waals surface area contributed by atoms with Gasteiger partial charge in [-0.2, -0.15) is 0 Å². The van der Waals surface area contributed by atoms with Crippen LogP contribution >= 0.6 is 0 Å². The highest BCUT2D eigenvalue weighted by molar-refractivity contribution is 5.78. The lowest BCUT2D eigenvalue weighted by Crippen LogP contribution is -2.19. The van der Waals surface area contributed by atoms with Crippen molar-refractivity contribution >= 4 is 23.0 Å². The fourth-order valence-corrected chi connectivity index (χ4v) is 2.61. The SMILES string of the molecule is C=C(NC)c1cc(COCCC(=O)NC)c(F)c(F)c1Nc1ccc(C)cc1F. The summed E-state index contributed by atoms with van der Waals surface area (Å²) in [6, 6.07) is 5.77. The van der Waals surface area contributed by atoms with E-state index in [0.29, 0.717) is 11.3 Å². The van der Waals surface area contributed by atoms with Crippen LogP contribution in [0.15, 0.2) is 30.8 Å². The molecule has 1 amide bonds. The van der Waals surface area contributed by atoms with Gasteiger partial charge in [-0.1, -0.05) is 12.6 Å². The lowest BCUT2D eigenvalue weighted by atomic mass is 10.0. The Morgan fingerprint density at radius 2 is 1.83 bits per heavy atom. The van der Waals surface area contributed by atoms with Crippen molar-refractivity contribution in [2.45, 2.75) is 20.0 Å². The molecular formula is C21H24F3N3O2. The molecule has 8 heteroatoms. The van der Waals surface area contributed by atoms with Crippen molar-refractivity contribution in [3.05, 3.63) is 65.0 Å². The molecule has 0 heterocycles. The van der Waals surface area contributed by atoms with Gasteiger partial charge in [0.2, 0.25) is 5.91 Å². The fraction of sp³-hybridized carbons (Fsp3) is 0.286. The maximum Gasteiger partial charge on any atom is 0.222 e. The van der Waals surface area contributed by atoms with Crippen molar-refractivity contribution in [3.63, 3.8) is 0 Å². The Hall–Kier alpha value is -3.00. The summed E-state index contributed by atoms with van der Waals surface area (Å²) in [5, 5.41) is 7.85. The number of hydrogen-bond donors (Lipinski definition) is 3. The Bertz CT molecular complexity index is 917. The zero-order valence-corrected chi connectivity index (χ0v) is 16.6. The Balaban J connectivity index is 2.34. The molecule has 2 aromatic carbocycles. The average Bonchev–Trinajstić information content (AvgIpc) is 2.70. The van der Waals surface area contributed by atoms with E-state index in [1.165, 1.54) is 25.2 Å². The summed E-state index contributed by atoms with van der Waals surface area (Å²) in [4.78, 5) is 11.2. The van der Waals surface area contributed by atoms with Crippen LogP contribution in [0.25, 0.3) is 5.70 Å². The van der Waals surface area contributed by atoms with E-state index in [9.17, 15) is 18.0 Å². The van der Waals surface area contributed by atoms with E-state index in [0.717, 1.165) is 0 Å². The van der Waals surface area contributed by atoms with E-state index in [4.69, 9.17) is 4.74 Å².